The Morgan fingerprint density at radius 1 is 1.00 bits per heavy atom. The van der Waals surface area contributed by atoms with Crippen molar-refractivity contribution < 1.29 is 4.74 Å². The monoisotopic (exact) mass is 266 g/mol. The summed E-state index contributed by atoms with van der Waals surface area (Å²) in [5, 5.41) is 0. The van der Waals surface area contributed by atoms with E-state index >= 15 is 0 Å². The molecule has 3 rings (SSSR count). The molecule has 2 N–H and O–H groups in total. The van der Waals surface area contributed by atoms with Crippen LogP contribution in [0.25, 0.3) is 22.3 Å². The second kappa shape index (κ2) is 4.77. The quantitative estimate of drug-likeness (QED) is 0.771. The molecule has 0 saturated carbocycles. The van der Waals surface area contributed by atoms with Crippen LogP contribution in [-0.2, 0) is 0 Å². The molecule has 0 fully saturated rings. The SMILES string of the molecule is COc1ccccc1-c1ccc2nc(C)nc(N)c2n1. The Labute approximate surface area is 116 Å². The molecule has 2 heterocycles. The average molecular weight is 266 g/mol. The van der Waals surface area contributed by atoms with E-state index in [4.69, 9.17) is 10.5 Å². The first kappa shape index (κ1) is 12.3. The zero-order chi connectivity index (χ0) is 14.1. The highest BCUT2D eigenvalue weighted by atomic mass is 16.5. The van der Waals surface area contributed by atoms with Gasteiger partial charge in [-0.25, -0.2) is 15.0 Å². The van der Waals surface area contributed by atoms with Gasteiger partial charge in [0.25, 0.3) is 0 Å². The van der Waals surface area contributed by atoms with Gasteiger partial charge in [-0.05, 0) is 31.2 Å². The van der Waals surface area contributed by atoms with Gasteiger partial charge in [0.15, 0.2) is 5.82 Å². The lowest BCUT2D eigenvalue weighted by molar-refractivity contribution is 0.416. The first-order valence-corrected chi connectivity index (χ1v) is 6.23. The molecule has 5 nitrogen and oxygen atoms in total. The number of para-hydroxylation sites is 1. The first-order chi connectivity index (χ1) is 9.69. The molecule has 0 bridgehead atoms. The smallest absolute Gasteiger partial charge is 0.153 e. The van der Waals surface area contributed by atoms with E-state index in [-0.39, 0.29) is 0 Å². The zero-order valence-corrected chi connectivity index (χ0v) is 11.3. The van der Waals surface area contributed by atoms with Crippen molar-refractivity contribution in [3.05, 3.63) is 42.2 Å². The predicted octanol–water partition coefficient (Wildman–Crippen LogP) is 2.59. The van der Waals surface area contributed by atoms with Crippen molar-refractivity contribution in [2.45, 2.75) is 6.92 Å². The number of ether oxygens (including phenoxy) is 1. The van der Waals surface area contributed by atoms with Gasteiger partial charge in [0.1, 0.15) is 17.1 Å². The molecule has 100 valence electrons. The Kier molecular flexibility index (Phi) is 2.95. The van der Waals surface area contributed by atoms with Crippen LogP contribution in [0.2, 0.25) is 0 Å². The number of methoxy groups -OCH3 is 1. The van der Waals surface area contributed by atoms with Gasteiger partial charge in [-0.3, -0.25) is 0 Å². The van der Waals surface area contributed by atoms with Crippen molar-refractivity contribution >= 4 is 16.9 Å². The molecule has 0 atom stereocenters. The largest absolute Gasteiger partial charge is 0.496 e. The summed E-state index contributed by atoms with van der Waals surface area (Å²) in [6, 6.07) is 11.5. The second-order valence-corrected chi connectivity index (χ2v) is 4.42. The van der Waals surface area contributed by atoms with E-state index in [1.807, 2.05) is 43.3 Å². The molecule has 5 heteroatoms. The van der Waals surface area contributed by atoms with Gasteiger partial charge in [0.2, 0.25) is 0 Å². The number of anilines is 1. The Morgan fingerprint density at radius 2 is 1.80 bits per heavy atom. The number of nitrogens with two attached hydrogens (primary N) is 1. The lowest BCUT2D eigenvalue weighted by atomic mass is 10.1. The van der Waals surface area contributed by atoms with E-state index in [1.165, 1.54) is 0 Å². The third-order valence-corrected chi connectivity index (χ3v) is 3.06. The number of nitrogens with zero attached hydrogens (tertiary/aromatic N) is 3. The molecular weight excluding hydrogens is 252 g/mol. The molecule has 0 aliphatic carbocycles. The van der Waals surface area contributed by atoms with Gasteiger partial charge < -0.3 is 10.5 Å². The highest BCUT2D eigenvalue weighted by molar-refractivity contribution is 5.86. The maximum atomic E-state index is 5.93. The standard InChI is InChI=1S/C15H14N4O/c1-9-17-12-8-7-11(19-14(12)15(16)18-9)10-5-3-4-6-13(10)20-2/h3-8H,1-2H3,(H2,16,17,18). The van der Waals surface area contributed by atoms with Gasteiger partial charge >= 0.3 is 0 Å². The number of fused-ring (bicyclic) bond motifs is 1. The maximum Gasteiger partial charge on any atom is 0.153 e. The minimum absolute atomic E-state index is 0.393. The number of nitrogen functional groups attached to an aromatic ring is 1. The topological polar surface area (TPSA) is 73.9 Å². The van der Waals surface area contributed by atoms with Crippen molar-refractivity contribution in [3.63, 3.8) is 0 Å². The fraction of sp³-hybridized carbons (Fsp3) is 0.133. The normalized spacial score (nSPS) is 10.7. The molecular formula is C15H14N4O. The summed E-state index contributed by atoms with van der Waals surface area (Å²) in [6.45, 7) is 1.81. The highest BCUT2D eigenvalue weighted by Gasteiger charge is 2.10. The van der Waals surface area contributed by atoms with E-state index in [1.54, 1.807) is 7.11 Å². The number of hydrogen-bond acceptors (Lipinski definition) is 5. The van der Waals surface area contributed by atoms with Gasteiger partial charge in [-0.2, -0.15) is 0 Å². The van der Waals surface area contributed by atoms with E-state index in [0.717, 1.165) is 22.5 Å². The van der Waals surface area contributed by atoms with Crippen molar-refractivity contribution in [2.75, 3.05) is 12.8 Å². The van der Waals surface area contributed by atoms with Crippen LogP contribution in [0.4, 0.5) is 5.82 Å². The fourth-order valence-electron chi connectivity index (χ4n) is 2.16. The minimum Gasteiger partial charge on any atom is -0.496 e. The Morgan fingerprint density at radius 3 is 2.60 bits per heavy atom. The van der Waals surface area contributed by atoms with Crippen molar-refractivity contribution in [1.82, 2.24) is 15.0 Å². The molecule has 1 aromatic carbocycles. The van der Waals surface area contributed by atoms with Crippen LogP contribution in [0, 0.1) is 6.92 Å². The van der Waals surface area contributed by atoms with Gasteiger partial charge in [0, 0.05) is 5.56 Å². The lowest BCUT2D eigenvalue weighted by Gasteiger charge is -2.09. The van der Waals surface area contributed by atoms with Gasteiger partial charge in [-0.1, -0.05) is 12.1 Å². The summed E-state index contributed by atoms with van der Waals surface area (Å²) in [7, 11) is 1.64. The molecule has 0 amide bonds. The number of rotatable bonds is 2. The maximum absolute atomic E-state index is 5.93. The Bertz CT molecular complexity index is 786. The van der Waals surface area contributed by atoms with E-state index < -0.39 is 0 Å². The molecule has 20 heavy (non-hydrogen) atoms. The lowest BCUT2D eigenvalue weighted by Crippen LogP contribution is -2.00. The molecule has 2 aromatic heterocycles. The highest BCUT2D eigenvalue weighted by Crippen LogP contribution is 2.29. The number of aromatic nitrogens is 3. The molecule has 0 aliphatic rings. The predicted molar refractivity (Wildman–Crippen MR) is 78.5 cm³/mol. The summed E-state index contributed by atoms with van der Waals surface area (Å²) in [5.74, 6) is 1.80. The Hall–Kier alpha value is -2.69. The third-order valence-electron chi connectivity index (χ3n) is 3.06. The molecule has 0 spiro atoms. The van der Waals surface area contributed by atoms with Crippen LogP contribution in [0.1, 0.15) is 5.82 Å². The van der Waals surface area contributed by atoms with E-state index in [2.05, 4.69) is 15.0 Å². The second-order valence-electron chi connectivity index (χ2n) is 4.42. The molecule has 0 saturated heterocycles. The van der Waals surface area contributed by atoms with Gasteiger partial charge in [0.05, 0.1) is 18.3 Å². The number of pyridine rings is 1. The van der Waals surface area contributed by atoms with Crippen LogP contribution in [-0.4, -0.2) is 22.1 Å². The molecule has 3 aromatic rings. The van der Waals surface area contributed by atoms with Crippen LogP contribution in [0.5, 0.6) is 5.75 Å². The van der Waals surface area contributed by atoms with Crippen molar-refractivity contribution in [3.8, 4) is 17.0 Å². The average Bonchev–Trinajstić information content (AvgIpc) is 2.47. The molecule has 0 unspecified atom stereocenters. The summed E-state index contributed by atoms with van der Waals surface area (Å²) in [4.78, 5) is 13.0. The first-order valence-electron chi connectivity index (χ1n) is 6.23. The summed E-state index contributed by atoms with van der Waals surface area (Å²) >= 11 is 0. The van der Waals surface area contributed by atoms with E-state index in [0.29, 0.717) is 17.2 Å². The van der Waals surface area contributed by atoms with Crippen LogP contribution < -0.4 is 10.5 Å². The van der Waals surface area contributed by atoms with E-state index in [9.17, 15) is 0 Å². The van der Waals surface area contributed by atoms with Crippen LogP contribution >= 0.6 is 0 Å². The summed E-state index contributed by atoms with van der Waals surface area (Å²) < 4.78 is 5.36. The number of aryl methyl sites for hydroxylation is 1. The zero-order valence-electron chi connectivity index (χ0n) is 11.3. The van der Waals surface area contributed by atoms with Crippen LogP contribution in [0.15, 0.2) is 36.4 Å². The number of hydrogen-bond donors (Lipinski definition) is 1. The minimum atomic E-state index is 0.393. The summed E-state index contributed by atoms with van der Waals surface area (Å²) in [6.07, 6.45) is 0. The molecule has 0 aliphatic heterocycles. The molecule has 0 radical (unpaired) electrons. The van der Waals surface area contributed by atoms with Crippen molar-refractivity contribution in [1.29, 1.82) is 0 Å². The Balaban J connectivity index is 2.23. The third kappa shape index (κ3) is 2.03. The number of benzene rings is 1. The van der Waals surface area contributed by atoms with Gasteiger partial charge in [-0.15, -0.1) is 0 Å². The fourth-order valence-corrected chi connectivity index (χ4v) is 2.16. The van der Waals surface area contributed by atoms with Crippen molar-refractivity contribution in [2.24, 2.45) is 0 Å². The summed E-state index contributed by atoms with van der Waals surface area (Å²) in [5.41, 5.74) is 8.98. The van der Waals surface area contributed by atoms with Crippen LogP contribution in [0.3, 0.4) is 0 Å².